The van der Waals surface area contributed by atoms with E-state index in [0.717, 1.165) is 22.5 Å². The van der Waals surface area contributed by atoms with Gasteiger partial charge < -0.3 is 19.3 Å². The third-order valence-electron chi connectivity index (χ3n) is 7.18. The van der Waals surface area contributed by atoms with E-state index in [9.17, 15) is 17.6 Å². The fourth-order valence-corrected chi connectivity index (χ4v) is 6.48. The normalized spacial score (nSPS) is 17.4. The minimum Gasteiger partial charge on any atom is -0.480 e. The highest BCUT2D eigenvalue weighted by molar-refractivity contribution is 7.92. The molecule has 0 radical (unpaired) electrons. The number of benzene rings is 2. The molecule has 5 rings (SSSR count). The predicted octanol–water partition coefficient (Wildman–Crippen LogP) is 5.47. The Morgan fingerprint density at radius 3 is 2.36 bits per heavy atom. The summed E-state index contributed by atoms with van der Waals surface area (Å²) in [7, 11) is -2.90. The standard InChI is InChI=1S/C31H35FN6O5S/c1-19-16-37(30(39)43-31(3,4)5)17-20(2)38(19)28-23-13-21(11-12-25(23)34-18-35-28)22-14-26(29(42-6)33-15-22)36-44(40,41)27-10-8-7-9-24(27)32/h7-15,18-20,36H,16-17H2,1-6H3/t19-,20+. The van der Waals surface area contributed by atoms with Gasteiger partial charge in [0.05, 0.1) is 12.6 Å². The lowest BCUT2D eigenvalue weighted by Gasteiger charge is -2.45. The summed E-state index contributed by atoms with van der Waals surface area (Å²) in [5.74, 6) is -0.132. The molecule has 13 heteroatoms. The number of anilines is 2. The number of methoxy groups -OCH3 is 1. The second-order valence-electron chi connectivity index (χ2n) is 11.7. The van der Waals surface area contributed by atoms with Crippen molar-refractivity contribution in [3.8, 4) is 17.0 Å². The summed E-state index contributed by atoms with van der Waals surface area (Å²) < 4.78 is 53.7. The zero-order chi connectivity index (χ0) is 31.8. The van der Waals surface area contributed by atoms with Crippen LogP contribution in [0.15, 0.2) is 66.0 Å². The number of aromatic nitrogens is 3. The van der Waals surface area contributed by atoms with Crippen molar-refractivity contribution in [1.82, 2.24) is 19.9 Å². The molecule has 4 aromatic rings. The van der Waals surface area contributed by atoms with Crippen LogP contribution in [0.4, 0.5) is 20.7 Å². The third kappa shape index (κ3) is 6.37. The van der Waals surface area contributed by atoms with Gasteiger partial charge in [0.15, 0.2) is 0 Å². The molecule has 2 aromatic carbocycles. The van der Waals surface area contributed by atoms with Gasteiger partial charge in [-0.1, -0.05) is 18.2 Å². The highest BCUT2D eigenvalue weighted by Gasteiger charge is 2.35. The van der Waals surface area contributed by atoms with Gasteiger partial charge in [0.2, 0.25) is 5.88 Å². The van der Waals surface area contributed by atoms with Crippen molar-refractivity contribution < 1.29 is 27.1 Å². The van der Waals surface area contributed by atoms with Crippen LogP contribution in [0.25, 0.3) is 22.0 Å². The van der Waals surface area contributed by atoms with Gasteiger partial charge in [0.1, 0.15) is 34.1 Å². The van der Waals surface area contributed by atoms with Crippen LogP contribution in [-0.2, 0) is 14.8 Å². The Morgan fingerprint density at radius 2 is 1.70 bits per heavy atom. The number of piperazine rings is 1. The Kier molecular flexibility index (Phi) is 8.34. The molecule has 2 atom stereocenters. The first-order valence-electron chi connectivity index (χ1n) is 14.1. The number of nitrogens with one attached hydrogen (secondary N) is 1. The predicted molar refractivity (Wildman–Crippen MR) is 166 cm³/mol. The largest absolute Gasteiger partial charge is 0.480 e. The SMILES string of the molecule is COc1ncc(-c2ccc3ncnc(N4[C@H](C)CN(C(=O)OC(C)(C)C)C[C@@H]4C)c3c2)cc1NS(=O)(=O)c1ccccc1F. The molecule has 1 saturated heterocycles. The number of rotatable bonds is 6. The molecule has 1 aliphatic heterocycles. The monoisotopic (exact) mass is 622 g/mol. The zero-order valence-electron chi connectivity index (χ0n) is 25.4. The highest BCUT2D eigenvalue weighted by Crippen LogP contribution is 2.35. The molecule has 0 aliphatic carbocycles. The first-order valence-corrected chi connectivity index (χ1v) is 15.6. The van der Waals surface area contributed by atoms with Crippen molar-refractivity contribution >= 4 is 38.5 Å². The lowest BCUT2D eigenvalue weighted by Crippen LogP contribution is -2.59. The Morgan fingerprint density at radius 1 is 1.00 bits per heavy atom. The number of nitrogens with zero attached hydrogens (tertiary/aromatic N) is 5. The fraction of sp³-hybridized carbons (Fsp3) is 0.355. The van der Waals surface area contributed by atoms with Crippen molar-refractivity contribution in [3.63, 3.8) is 0 Å². The molecule has 2 aromatic heterocycles. The summed E-state index contributed by atoms with van der Waals surface area (Å²) in [6.45, 7) is 10.5. The van der Waals surface area contributed by atoms with E-state index in [-0.39, 0.29) is 29.7 Å². The van der Waals surface area contributed by atoms with E-state index < -0.39 is 26.3 Å². The van der Waals surface area contributed by atoms with E-state index in [4.69, 9.17) is 9.47 Å². The number of carbonyl (C=O) groups is 1. The van der Waals surface area contributed by atoms with E-state index in [0.29, 0.717) is 24.5 Å². The van der Waals surface area contributed by atoms with Gasteiger partial charge in [0, 0.05) is 42.3 Å². The Bertz CT molecular complexity index is 1800. The summed E-state index contributed by atoms with van der Waals surface area (Å²) in [6.07, 6.45) is 2.73. The Labute approximate surface area is 256 Å². The maximum Gasteiger partial charge on any atom is 0.410 e. The number of carbonyl (C=O) groups excluding carboxylic acids is 1. The zero-order valence-corrected chi connectivity index (χ0v) is 26.2. The Balaban J connectivity index is 1.49. The highest BCUT2D eigenvalue weighted by atomic mass is 32.2. The van der Waals surface area contributed by atoms with Gasteiger partial charge in [-0.05, 0) is 70.5 Å². The molecule has 44 heavy (non-hydrogen) atoms. The first kappa shape index (κ1) is 30.9. The molecule has 1 N–H and O–H groups in total. The molecule has 0 unspecified atom stereocenters. The van der Waals surface area contributed by atoms with Crippen LogP contribution in [0.1, 0.15) is 34.6 Å². The second kappa shape index (κ2) is 11.9. The summed E-state index contributed by atoms with van der Waals surface area (Å²) >= 11 is 0. The first-order chi connectivity index (χ1) is 20.8. The van der Waals surface area contributed by atoms with Crippen molar-refractivity contribution in [2.45, 2.75) is 57.2 Å². The summed E-state index contributed by atoms with van der Waals surface area (Å²) in [6, 6.07) is 12.2. The number of amides is 1. The van der Waals surface area contributed by atoms with Crippen LogP contribution in [0, 0.1) is 5.82 Å². The molecular formula is C31H35FN6O5S. The number of hydrogen-bond donors (Lipinski definition) is 1. The van der Waals surface area contributed by atoms with Gasteiger partial charge in [-0.2, -0.15) is 0 Å². The van der Waals surface area contributed by atoms with Gasteiger partial charge in [0.25, 0.3) is 10.0 Å². The molecule has 3 heterocycles. The minimum absolute atomic E-state index is 0.0315. The average Bonchev–Trinajstić information content (AvgIpc) is 2.95. The van der Waals surface area contributed by atoms with Crippen molar-refractivity contribution in [3.05, 3.63) is 66.9 Å². The second-order valence-corrected chi connectivity index (χ2v) is 13.4. The van der Waals surface area contributed by atoms with Crippen LogP contribution >= 0.6 is 0 Å². The van der Waals surface area contributed by atoms with Crippen molar-refractivity contribution in [2.24, 2.45) is 0 Å². The lowest BCUT2D eigenvalue weighted by atomic mass is 10.0. The lowest BCUT2D eigenvalue weighted by molar-refractivity contribution is 0.0192. The number of fused-ring (bicyclic) bond motifs is 1. The molecule has 0 saturated carbocycles. The number of sulfonamides is 1. The maximum absolute atomic E-state index is 14.3. The molecule has 232 valence electrons. The Hall–Kier alpha value is -4.52. The van der Waals surface area contributed by atoms with E-state index in [1.54, 1.807) is 17.2 Å². The summed E-state index contributed by atoms with van der Waals surface area (Å²) in [4.78, 5) is 29.6. The van der Waals surface area contributed by atoms with Crippen LogP contribution in [0.2, 0.25) is 0 Å². The number of halogens is 1. The topological polar surface area (TPSA) is 127 Å². The molecule has 1 aliphatic rings. The van der Waals surface area contributed by atoms with Crippen LogP contribution in [0.3, 0.4) is 0 Å². The smallest absolute Gasteiger partial charge is 0.410 e. The quantitative estimate of drug-likeness (QED) is 0.298. The van der Waals surface area contributed by atoms with E-state index in [1.165, 1.54) is 31.6 Å². The van der Waals surface area contributed by atoms with Crippen LogP contribution in [-0.4, -0.2) is 72.2 Å². The van der Waals surface area contributed by atoms with Gasteiger partial charge in [-0.25, -0.2) is 32.6 Å². The molecule has 1 amide bonds. The van der Waals surface area contributed by atoms with Crippen molar-refractivity contribution in [2.75, 3.05) is 29.8 Å². The van der Waals surface area contributed by atoms with E-state index >= 15 is 0 Å². The summed E-state index contributed by atoms with van der Waals surface area (Å²) in [5.41, 5.74) is 1.49. The summed E-state index contributed by atoms with van der Waals surface area (Å²) in [5, 5.41) is 0.777. The fourth-order valence-electron chi connectivity index (χ4n) is 5.35. The molecular weight excluding hydrogens is 587 g/mol. The molecule has 0 spiro atoms. The van der Waals surface area contributed by atoms with Gasteiger partial charge in [-0.15, -0.1) is 0 Å². The van der Waals surface area contributed by atoms with Gasteiger partial charge >= 0.3 is 6.09 Å². The molecule has 0 bridgehead atoms. The molecule has 1 fully saturated rings. The minimum atomic E-state index is -4.27. The number of ether oxygens (including phenoxy) is 2. The maximum atomic E-state index is 14.3. The van der Waals surface area contributed by atoms with E-state index in [1.807, 2.05) is 52.8 Å². The van der Waals surface area contributed by atoms with E-state index in [2.05, 4.69) is 24.6 Å². The number of pyridine rings is 1. The van der Waals surface area contributed by atoms with Crippen molar-refractivity contribution in [1.29, 1.82) is 0 Å². The third-order valence-corrected chi connectivity index (χ3v) is 8.58. The average molecular weight is 623 g/mol. The van der Waals surface area contributed by atoms with Crippen LogP contribution < -0.4 is 14.4 Å². The number of hydrogen-bond acceptors (Lipinski definition) is 9. The van der Waals surface area contributed by atoms with Crippen LogP contribution in [0.5, 0.6) is 5.88 Å². The molecule has 11 nitrogen and oxygen atoms in total. The van der Waals surface area contributed by atoms with Gasteiger partial charge in [-0.3, -0.25) is 4.72 Å².